The van der Waals surface area contributed by atoms with Crippen molar-refractivity contribution in [3.8, 4) is 11.5 Å². The van der Waals surface area contributed by atoms with Crippen LogP contribution in [0.1, 0.15) is 11.1 Å². The number of hydrogen-bond acceptors (Lipinski definition) is 4. The highest BCUT2D eigenvalue weighted by Crippen LogP contribution is 2.31. The SMILES string of the molecule is Cc1c(NC(=S)NC(=O)C=Cc2ccccc2)cccc1-c1nc2cc(Cl)ccc2o1. The lowest BCUT2D eigenvalue weighted by Gasteiger charge is -2.12. The molecule has 31 heavy (non-hydrogen) atoms. The maximum absolute atomic E-state index is 12.2. The molecule has 0 unspecified atom stereocenters. The molecule has 1 heterocycles. The molecule has 0 saturated carbocycles. The van der Waals surface area contributed by atoms with Gasteiger partial charge in [0.1, 0.15) is 5.52 Å². The number of oxazole rings is 1. The summed E-state index contributed by atoms with van der Waals surface area (Å²) in [6.07, 6.45) is 3.17. The van der Waals surface area contributed by atoms with Crippen molar-refractivity contribution < 1.29 is 9.21 Å². The summed E-state index contributed by atoms with van der Waals surface area (Å²) in [6, 6.07) is 20.5. The summed E-state index contributed by atoms with van der Waals surface area (Å²) in [5, 5.41) is 6.52. The molecule has 7 heteroatoms. The van der Waals surface area contributed by atoms with Crippen LogP contribution >= 0.6 is 23.8 Å². The molecule has 0 saturated heterocycles. The van der Waals surface area contributed by atoms with Gasteiger partial charge in [0.2, 0.25) is 11.8 Å². The summed E-state index contributed by atoms with van der Waals surface area (Å²) in [7, 11) is 0. The maximum Gasteiger partial charge on any atom is 0.250 e. The molecule has 0 aliphatic rings. The number of rotatable bonds is 4. The first-order valence-electron chi connectivity index (χ1n) is 9.51. The minimum Gasteiger partial charge on any atom is -0.436 e. The normalized spacial score (nSPS) is 11.0. The summed E-state index contributed by atoms with van der Waals surface area (Å²) in [6.45, 7) is 1.93. The van der Waals surface area contributed by atoms with Gasteiger partial charge in [-0.1, -0.05) is 48.0 Å². The molecule has 0 aliphatic heterocycles. The first-order valence-corrected chi connectivity index (χ1v) is 10.3. The number of amides is 1. The molecular weight excluding hydrogens is 430 g/mol. The Morgan fingerprint density at radius 1 is 1.10 bits per heavy atom. The summed E-state index contributed by atoms with van der Waals surface area (Å²) in [4.78, 5) is 16.7. The zero-order valence-corrected chi connectivity index (χ0v) is 18.1. The molecule has 1 amide bonds. The lowest BCUT2D eigenvalue weighted by Crippen LogP contribution is -2.33. The zero-order valence-electron chi connectivity index (χ0n) is 16.6. The number of anilines is 1. The molecule has 0 fully saturated rings. The van der Waals surface area contributed by atoms with Gasteiger partial charge in [-0.15, -0.1) is 0 Å². The minimum absolute atomic E-state index is 0.201. The number of benzene rings is 3. The van der Waals surface area contributed by atoms with E-state index in [0.29, 0.717) is 22.0 Å². The van der Waals surface area contributed by atoms with Crippen LogP contribution in [0, 0.1) is 6.92 Å². The van der Waals surface area contributed by atoms with Crippen molar-refractivity contribution >= 4 is 57.7 Å². The Hall–Kier alpha value is -3.48. The number of carbonyl (C=O) groups is 1. The first kappa shape index (κ1) is 20.8. The molecule has 0 aliphatic carbocycles. The average molecular weight is 448 g/mol. The second kappa shape index (κ2) is 9.12. The number of nitrogens with one attached hydrogen (secondary N) is 2. The molecule has 0 bridgehead atoms. The minimum atomic E-state index is -0.314. The Bertz CT molecular complexity index is 1300. The number of thiocarbonyl (C=S) groups is 1. The third-order valence-corrected chi connectivity index (χ3v) is 5.06. The van der Waals surface area contributed by atoms with E-state index in [1.807, 2.05) is 55.5 Å². The molecule has 0 atom stereocenters. The van der Waals surface area contributed by atoms with E-state index in [9.17, 15) is 4.79 Å². The van der Waals surface area contributed by atoms with Gasteiger partial charge in [0.25, 0.3) is 0 Å². The van der Waals surface area contributed by atoms with E-state index in [-0.39, 0.29) is 11.0 Å². The Morgan fingerprint density at radius 3 is 2.71 bits per heavy atom. The van der Waals surface area contributed by atoms with Crippen molar-refractivity contribution in [2.24, 2.45) is 0 Å². The Labute approximate surface area is 189 Å². The summed E-state index contributed by atoms with van der Waals surface area (Å²) in [5.41, 5.74) is 4.72. The molecule has 0 radical (unpaired) electrons. The number of carbonyl (C=O) groups excluding carboxylic acids is 1. The predicted molar refractivity (Wildman–Crippen MR) is 129 cm³/mol. The molecule has 5 nitrogen and oxygen atoms in total. The number of hydrogen-bond donors (Lipinski definition) is 2. The van der Waals surface area contributed by atoms with E-state index in [1.165, 1.54) is 6.08 Å². The summed E-state index contributed by atoms with van der Waals surface area (Å²) >= 11 is 11.3. The van der Waals surface area contributed by atoms with E-state index < -0.39 is 0 Å². The maximum atomic E-state index is 12.2. The van der Waals surface area contributed by atoms with Crippen molar-refractivity contribution in [2.45, 2.75) is 6.92 Å². The Morgan fingerprint density at radius 2 is 1.90 bits per heavy atom. The average Bonchev–Trinajstić information content (AvgIpc) is 3.17. The smallest absolute Gasteiger partial charge is 0.250 e. The molecule has 4 rings (SSSR count). The second-order valence-electron chi connectivity index (χ2n) is 6.80. The van der Waals surface area contributed by atoms with Crippen LogP contribution in [0.3, 0.4) is 0 Å². The topological polar surface area (TPSA) is 67.2 Å². The molecule has 2 N–H and O–H groups in total. The van der Waals surface area contributed by atoms with Crippen LogP contribution in [0.5, 0.6) is 0 Å². The Balaban J connectivity index is 1.48. The van der Waals surface area contributed by atoms with Gasteiger partial charge in [0.05, 0.1) is 0 Å². The molecular formula is C24H18ClN3O2S. The summed E-state index contributed by atoms with van der Waals surface area (Å²) in [5.74, 6) is 0.171. The van der Waals surface area contributed by atoms with E-state index in [4.69, 9.17) is 28.2 Å². The van der Waals surface area contributed by atoms with E-state index in [2.05, 4.69) is 15.6 Å². The van der Waals surface area contributed by atoms with Crippen molar-refractivity contribution in [2.75, 3.05) is 5.32 Å². The van der Waals surface area contributed by atoms with Gasteiger partial charge in [0, 0.05) is 22.3 Å². The Kier molecular flexibility index (Phi) is 6.11. The quantitative estimate of drug-likeness (QED) is 0.297. The number of aromatic nitrogens is 1. The lowest BCUT2D eigenvalue weighted by molar-refractivity contribution is -0.115. The fourth-order valence-electron chi connectivity index (χ4n) is 3.06. The number of nitrogens with zero attached hydrogens (tertiary/aromatic N) is 1. The predicted octanol–water partition coefficient (Wildman–Crippen LogP) is 5.98. The van der Waals surface area contributed by atoms with Crippen LogP contribution in [0.2, 0.25) is 5.02 Å². The highest BCUT2D eigenvalue weighted by atomic mass is 35.5. The number of fused-ring (bicyclic) bond motifs is 1. The molecule has 3 aromatic carbocycles. The van der Waals surface area contributed by atoms with Crippen molar-refractivity contribution in [3.63, 3.8) is 0 Å². The third kappa shape index (κ3) is 4.99. The van der Waals surface area contributed by atoms with Crippen LogP contribution in [-0.4, -0.2) is 16.0 Å². The highest BCUT2D eigenvalue weighted by Gasteiger charge is 2.14. The van der Waals surface area contributed by atoms with Crippen molar-refractivity contribution in [3.05, 3.63) is 89.0 Å². The van der Waals surface area contributed by atoms with Gasteiger partial charge in [-0.2, -0.15) is 0 Å². The van der Waals surface area contributed by atoms with Gasteiger partial charge in [0.15, 0.2) is 10.7 Å². The van der Waals surface area contributed by atoms with E-state index in [1.54, 1.807) is 24.3 Å². The van der Waals surface area contributed by atoms with Crippen LogP contribution in [0.25, 0.3) is 28.6 Å². The van der Waals surface area contributed by atoms with Crippen LogP contribution < -0.4 is 10.6 Å². The summed E-state index contributed by atoms with van der Waals surface area (Å²) < 4.78 is 5.88. The standard InChI is InChI=1S/C24H18ClN3O2S/c1-15-18(23-26-20-14-17(25)11-12-21(20)30-23)8-5-9-19(15)27-24(31)28-22(29)13-10-16-6-3-2-4-7-16/h2-14H,1H3,(H2,27,28,29,31). The fourth-order valence-corrected chi connectivity index (χ4v) is 3.44. The molecule has 1 aromatic heterocycles. The van der Waals surface area contributed by atoms with Gasteiger partial charge in [-0.05, 0) is 66.7 Å². The lowest BCUT2D eigenvalue weighted by atomic mass is 10.1. The zero-order chi connectivity index (χ0) is 21.8. The van der Waals surface area contributed by atoms with Crippen LogP contribution in [0.15, 0.2) is 77.2 Å². The molecule has 4 aromatic rings. The van der Waals surface area contributed by atoms with Crippen LogP contribution in [-0.2, 0) is 4.79 Å². The molecule has 154 valence electrons. The highest BCUT2D eigenvalue weighted by molar-refractivity contribution is 7.80. The van der Waals surface area contributed by atoms with Crippen LogP contribution in [0.4, 0.5) is 5.69 Å². The largest absolute Gasteiger partial charge is 0.436 e. The van der Waals surface area contributed by atoms with Crippen molar-refractivity contribution in [1.82, 2.24) is 10.3 Å². The molecule has 0 spiro atoms. The third-order valence-electron chi connectivity index (χ3n) is 4.63. The second-order valence-corrected chi connectivity index (χ2v) is 7.64. The van der Waals surface area contributed by atoms with Gasteiger partial charge < -0.3 is 9.73 Å². The first-order chi connectivity index (χ1) is 15.0. The van der Waals surface area contributed by atoms with E-state index in [0.717, 1.165) is 22.4 Å². The van der Waals surface area contributed by atoms with Gasteiger partial charge >= 0.3 is 0 Å². The van der Waals surface area contributed by atoms with E-state index >= 15 is 0 Å². The van der Waals surface area contributed by atoms with Crippen molar-refractivity contribution in [1.29, 1.82) is 0 Å². The monoisotopic (exact) mass is 447 g/mol. The fraction of sp³-hybridized carbons (Fsp3) is 0.0417. The number of halogens is 1. The van der Waals surface area contributed by atoms with Gasteiger partial charge in [-0.25, -0.2) is 4.98 Å². The van der Waals surface area contributed by atoms with Gasteiger partial charge in [-0.3, -0.25) is 10.1 Å².